The van der Waals surface area contributed by atoms with Crippen LogP contribution in [0.4, 0.5) is 0 Å². The number of nitrogens with zero attached hydrogens (tertiary/aromatic N) is 2. The van der Waals surface area contributed by atoms with Gasteiger partial charge in [-0.25, -0.2) is 0 Å². The molecule has 0 N–H and O–H groups in total. The van der Waals surface area contributed by atoms with Crippen molar-refractivity contribution in [3.63, 3.8) is 0 Å². The van der Waals surface area contributed by atoms with Crippen molar-refractivity contribution in [3.05, 3.63) is 53.9 Å². The second-order valence-corrected chi connectivity index (χ2v) is 5.75. The average molecular weight is 300 g/mol. The van der Waals surface area contributed by atoms with Gasteiger partial charge in [0.25, 0.3) is 0 Å². The van der Waals surface area contributed by atoms with Crippen molar-refractivity contribution < 1.29 is 9.53 Å². The van der Waals surface area contributed by atoms with Gasteiger partial charge in [0.05, 0.1) is 20.1 Å². The molecule has 2 aromatic rings. The van der Waals surface area contributed by atoms with Crippen LogP contribution in [0.5, 0.6) is 5.75 Å². The van der Waals surface area contributed by atoms with Crippen LogP contribution >= 0.6 is 0 Å². The molecule has 1 aromatic heterocycles. The summed E-state index contributed by atoms with van der Waals surface area (Å²) in [5.41, 5.74) is 2.14. The summed E-state index contributed by atoms with van der Waals surface area (Å²) < 4.78 is 7.20. The van der Waals surface area contributed by atoms with Crippen LogP contribution < -0.4 is 4.74 Å². The third kappa shape index (κ3) is 3.91. The van der Waals surface area contributed by atoms with E-state index < -0.39 is 0 Å². The number of hydrogen-bond acceptors (Lipinski definition) is 2. The van der Waals surface area contributed by atoms with Crippen molar-refractivity contribution in [2.45, 2.75) is 32.9 Å². The molecule has 22 heavy (non-hydrogen) atoms. The molecule has 0 saturated carbocycles. The lowest BCUT2D eigenvalue weighted by Gasteiger charge is -2.27. The molecule has 0 radical (unpaired) electrons. The number of carbonyl (C=O) groups excluding carboxylic acids is 1. The molecule has 1 heterocycles. The standard InChI is InChI=1S/C18H24N2O2/c1-14(2)20(13-16-6-5-11-19(16)3)18(21)12-15-7-9-17(22-4)10-8-15/h5-11,14H,12-13H2,1-4H3. The first kappa shape index (κ1) is 16.1. The van der Waals surface area contributed by atoms with E-state index in [1.165, 1.54) is 0 Å². The van der Waals surface area contributed by atoms with Crippen LogP contribution in [-0.2, 0) is 24.8 Å². The van der Waals surface area contributed by atoms with E-state index in [0.29, 0.717) is 13.0 Å². The first-order valence-corrected chi connectivity index (χ1v) is 7.54. The number of rotatable bonds is 6. The largest absolute Gasteiger partial charge is 0.497 e. The zero-order valence-corrected chi connectivity index (χ0v) is 13.7. The van der Waals surface area contributed by atoms with Crippen LogP contribution in [0.15, 0.2) is 42.6 Å². The smallest absolute Gasteiger partial charge is 0.227 e. The molecular formula is C18H24N2O2. The Morgan fingerprint density at radius 1 is 1.23 bits per heavy atom. The van der Waals surface area contributed by atoms with Gasteiger partial charge in [-0.3, -0.25) is 4.79 Å². The second-order valence-electron chi connectivity index (χ2n) is 5.75. The maximum atomic E-state index is 12.6. The number of ether oxygens (including phenoxy) is 1. The van der Waals surface area contributed by atoms with Gasteiger partial charge in [-0.2, -0.15) is 0 Å². The fourth-order valence-corrected chi connectivity index (χ4v) is 2.41. The zero-order chi connectivity index (χ0) is 16.1. The van der Waals surface area contributed by atoms with Gasteiger partial charge < -0.3 is 14.2 Å². The molecule has 0 atom stereocenters. The fraction of sp³-hybridized carbons (Fsp3) is 0.389. The highest BCUT2D eigenvalue weighted by molar-refractivity contribution is 5.79. The summed E-state index contributed by atoms with van der Waals surface area (Å²) in [6.07, 6.45) is 2.41. The predicted octanol–water partition coefficient (Wildman–Crippen LogP) is 3.01. The monoisotopic (exact) mass is 300 g/mol. The third-order valence-corrected chi connectivity index (χ3v) is 3.84. The topological polar surface area (TPSA) is 34.5 Å². The van der Waals surface area contributed by atoms with Gasteiger partial charge in [-0.15, -0.1) is 0 Å². The fourth-order valence-electron chi connectivity index (χ4n) is 2.41. The number of aryl methyl sites for hydroxylation is 1. The molecule has 0 bridgehead atoms. The third-order valence-electron chi connectivity index (χ3n) is 3.84. The van der Waals surface area contributed by atoms with Gasteiger partial charge in [-0.1, -0.05) is 12.1 Å². The van der Waals surface area contributed by atoms with Gasteiger partial charge in [0.1, 0.15) is 5.75 Å². The summed E-state index contributed by atoms with van der Waals surface area (Å²) in [7, 11) is 3.64. The Hall–Kier alpha value is -2.23. The SMILES string of the molecule is COc1ccc(CC(=O)N(Cc2cccn2C)C(C)C)cc1. The zero-order valence-electron chi connectivity index (χ0n) is 13.7. The average Bonchev–Trinajstić information content (AvgIpc) is 2.90. The molecule has 118 valence electrons. The maximum Gasteiger partial charge on any atom is 0.227 e. The van der Waals surface area contributed by atoms with E-state index in [1.807, 2.05) is 48.5 Å². The molecule has 1 amide bonds. The highest BCUT2D eigenvalue weighted by Crippen LogP contribution is 2.15. The lowest BCUT2D eigenvalue weighted by atomic mass is 10.1. The minimum Gasteiger partial charge on any atom is -0.497 e. The van der Waals surface area contributed by atoms with Crippen LogP contribution in [0.2, 0.25) is 0 Å². The number of hydrogen-bond donors (Lipinski definition) is 0. The lowest BCUT2D eigenvalue weighted by molar-refractivity contribution is -0.132. The van der Waals surface area contributed by atoms with E-state index >= 15 is 0 Å². The summed E-state index contributed by atoms with van der Waals surface area (Å²) in [4.78, 5) is 14.5. The van der Waals surface area contributed by atoms with Crippen molar-refractivity contribution in [2.24, 2.45) is 7.05 Å². The van der Waals surface area contributed by atoms with E-state index in [0.717, 1.165) is 17.0 Å². The van der Waals surface area contributed by atoms with E-state index in [2.05, 4.69) is 24.5 Å². The number of amides is 1. The number of methoxy groups -OCH3 is 1. The van der Waals surface area contributed by atoms with Gasteiger partial charge in [0, 0.05) is 25.0 Å². The summed E-state index contributed by atoms with van der Waals surface area (Å²) >= 11 is 0. The maximum absolute atomic E-state index is 12.6. The minimum absolute atomic E-state index is 0.140. The highest BCUT2D eigenvalue weighted by atomic mass is 16.5. The summed E-state index contributed by atoms with van der Waals surface area (Å²) in [5, 5.41) is 0. The molecule has 0 aliphatic rings. The van der Waals surface area contributed by atoms with Crippen molar-refractivity contribution in [1.82, 2.24) is 9.47 Å². The Bertz CT molecular complexity index is 614. The van der Waals surface area contributed by atoms with Crippen molar-refractivity contribution in [1.29, 1.82) is 0 Å². The molecule has 0 saturated heterocycles. The number of benzene rings is 1. The Balaban J connectivity index is 2.07. The quantitative estimate of drug-likeness (QED) is 0.822. The van der Waals surface area contributed by atoms with Crippen LogP contribution in [-0.4, -0.2) is 28.5 Å². The Kier molecular flexibility index (Phi) is 5.26. The van der Waals surface area contributed by atoms with Gasteiger partial charge >= 0.3 is 0 Å². The summed E-state index contributed by atoms with van der Waals surface area (Å²) in [5.74, 6) is 0.946. The molecule has 0 fully saturated rings. The summed E-state index contributed by atoms with van der Waals surface area (Å²) in [6.45, 7) is 4.74. The van der Waals surface area contributed by atoms with E-state index in [9.17, 15) is 4.79 Å². The second kappa shape index (κ2) is 7.16. The van der Waals surface area contributed by atoms with Crippen LogP contribution in [0.25, 0.3) is 0 Å². The molecule has 4 nitrogen and oxygen atoms in total. The first-order valence-electron chi connectivity index (χ1n) is 7.54. The molecule has 0 unspecified atom stereocenters. The highest BCUT2D eigenvalue weighted by Gasteiger charge is 2.18. The number of aromatic nitrogens is 1. The Morgan fingerprint density at radius 3 is 2.41 bits per heavy atom. The molecule has 0 aliphatic heterocycles. The van der Waals surface area contributed by atoms with Crippen LogP contribution in [0.1, 0.15) is 25.1 Å². The molecule has 1 aromatic carbocycles. The number of carbonyl (C=O) groups is 1. The minimum atomic E-state index is 0.140. The lowest BCUT2D eigenvalue weighted by Crippen LogP contribution is -2.37. The van der Waals surface area contributed by atoms with Crippen molar-refractivity contribution in [2.75, 3.05) is 7.11 Å². The summed E-state index contributed by atoms with van der Waals surface area (Å²) in [6, 6.07) is 11.9. The van der Waals surface area contributed by atoms with E-state index in [-0.39, 0.29) is 11.9 Å². The van der Waals surface area contributed by atoms with Gasteiger partial charge in [0.2, 0.25) is 5.91 Å². The molecular weight excluding hydrogens is 276 g/mol. The molecule has 0 aliphatic carbocycles. The van der Waals surface area contributed by atoms with Crippen molar-refractivity contribution >= 4 is 5.91 Å². The van der Waals surface area contributed by atoms with Crippen LogP contribution in [0, 0.1) is 0 Å². The van der Waals surface area contributed by atoms with Gasteiger partial charge in [0.15, 0.2) is 0 Å². The van der Waals surface area contributed by atoms with E-state index in [4.69, 9.17) is 4.74 Å². The first-order chi connectivity index (χ1) is 10.5. The Morgan fingerprint density at radius 2 is 1.91 bits per heavy atom. The van der Waals surface area contributed by atoms with E-state index in [1.54, 1.807) is 7.11 Å². The van der Waals surface area contributed by atoms with Crippen LogP contribution in [0.3, 0.4) is 0 Å². The van der Waals surface area contributed by atoms with Crippen molar-refractivity contribution in [3.8, 4) is 5.75 Å². The normalized spacial score (nSPS) is 10.8. The molecule has 2 rings (SSSR count). The molecule has 4 heteroatoms. The molecule has 0 spiro atoms. The predicted molar refractivity (Wildman–Crippen MR) is 87.8 cm³/mol. The Labute approximate surface area is 132 Å². The van der Waals surface area contributed by atoms with Gasteiger partial charge in [-0.05, 0) is 43.7 Å².